The van der Waals surface area contributed by atoms with E-state index in [9.17, 15) is 9.59 Å². The van der Waals surface area contributed by atoms with Crippen LogP contribution in [0.4, 0.5) is 4.79 Å². The lowest BCUT2D eigenvalue weighted by atomic mass is 10.1. The molecule has 0 heterocycles. The number of hydrogen-bond donors (Lipinski definition) is 2. The Kier molecular flexibility index (Phi) is 5.35. The monoisotopic (exact) mass is 261 g/mol. The average molecular weight is 261 g/mol. The zero-order chi connectivity index (χ0) is 14.3. The van der Waals surface area contributed by atoms with Gasteiger partial charge in [0, 0.05) is 20.1 Å². The lowest BCUT2D eigenvalue weighted by molar-refractivity contribution is -0.136. The minimum absolute atomic E-state index is 0.0940. The summed E-state index contributed by atoms with van der Waals surface area (Å²) in [5, 5.41) is 19.7. The number of nitrogens with one attached hydrogen (secondary N) is 1. The van der Waals surface area contributed by atoms with E-state index in [1.165, 1.54) is 4.90 Å². The summed E-state index contributed by atoms with van der Waals surface area (Å²) in [6.45, 7) is 0.450. The third kappa shape index (κ3) is 5.08. The molecular weight excluding hydrogens is 246 g/mol. The summed E-state index contributed by atoms with van der Waals surface area (Å²) >= 11 is 0. The summed E-state index contributed by atoms with van der Waals surface area (Å²) in [5.74, 6) is -0.954. The van der Waals surface area contributed by atoms with Gasteiger partial charge in [0.15, 0.2) is 0 Å². The Bertz CT molecular complexity index is 508. The van der Waals surface area contributed by atoms with Crippen LogP contribution >= 0.6 is 0 Å². The Labute approximate surface area is 111 Å². The highest BCUT2D eigenvalue weighted by molar-refractivity contribution is 5.75. The predicted molar refractivity (Wildman–Crippen MR) is 68.3 cm³/mol. The largest absolute Gasteiger partial charge is 0.481 e. The molecule has 0 saturated heterocycles. The van der Waals surface area contributed by atoms with Gasteiger partial charge in [0.1, 0.15) is 0 Å². The Balaban J connectivity index is 2.49. The molecule has 0 aliphatic carbocycles. The number of carbonyl (C=O) groups excluding carboxylic acids is 1. The van der Waals surface area contributed by atoms with Crippen molar-refractivity contribution in [3.8, 4) is 6.07 Å². The van der Waals surface area contributed by atoms with Crippen molar-refractivity contribution >= 4 is 12.0 Å². The van der Waals surface area contributed by atoms with E-state index in [4.69, 9.17) is 10.4 Å². The van der Waals surface area contributed by atoms with E-state index in [2.05, 4.69) is 5.32 Å². The number of amides is 2. The van der Waals surface area contributed by atoms with Gasteiger partial charge in [0.05, 0.1) is 18.1 Å². The first-order valence-corrected chi connectivity index (χ1v) is 5.72. The van der Waals surface area contributed by atoms with Gasteiger partial charge in [-0.2, -0.15) is 5.26 Å². The number of hydrogen-bond acceptors (Lipinski definition) is 3. The Morgan fingerprint density at radius 2 is 2.21 bits per heavy atom. The van der Waals surface area contributed by atoms with Crippen LogP contribution in [0.3, 0.4) is 0 Å². The van der Waals surface area contributed by atoms with Gasteiger partial charge in [-0.1, -0.05) is 12.1 Å². The predicted octanol–water partition coefficient (Wildman–Crippen LogP) is 1.17. The van der Waals surface area contributed by atoms with Crippen LogP contribution in [0.15, 0.2) is 24.3 Å². The maximum atomic E-state index is 11.6. The summed E-state index contributed by atoms with van der Waals surface area (Å²) in [4.78, 5) is 23.4. The number of aliphatic carboxylic acids is 1. The lowest BCUT2D eigenvalue weighted by Crippen LogP contribution is -2.37. The number of carboxylic acids is 1. The second kappa shape index (κ2) is 7.01. The fourth-order valence-corrected chi connectivity index (χ4v) is 1.50. The van der Waals surface area contributed by atoms with Crippen molar-refractivity contribution in [2.45, 2.75) is 13.0 Å². The fraction of sp³-hybridized carbons (Fsp3) is 0.308. The molecule has 1 aromatic rings. The molecule has 0 spiro atoms. The summed E-state index contributed by atoms with van der Waals surface area (Å²) in [7, 11) is 1.61. The van der Waals surface area contributed by atoms with Gasteiger partial charge in [-0.25, -0.2) is 4.79 Å². The SMILES string of the molecule is CN(Cc1cccc(C#N)c1)C(=O)NCCC(=O)O. The standard InChI is InChI=1S/C13H15N3O3/c1-16(13(19)15-6-5-12(17)18)9-11-4-2-3-10(7-11)8-14/h2-4,7H,5-6,9H2,1H3,(H,15,19)(H,17,18). The summed E-state index contributed by atoms with van der Waals surface area (Å²) in [6.07, 6.45) is -0.108. The molecule has 0 aliphatic heterocycles. The number of nitrogens with zero attached hydrogens (tertiary/aromatic N) is 2. The number of carboxylic acid groups (broad SMARTS) is 1. The topological polar surface area (TPSA) is 93.4 Å². The van der Waals surface area contributed by atoms with Gasteiger partial charge < -0.3 is 15.3 Å². The molecule has 0 unspecified atom stereocenters. The van der Waals surface area contributed by atoms with Crippen molar-refractivity contribution in [1.82, 2.24) is 10.2 Å². The van der Waals surface area contributed by atoms with Crippen LogP contribution in [-0.2, 0) is 11.3 Å². The molecular formula is C13H15N3O3. The molecule has 6 heteroatoms. The van der Waals surface area contributed by atoms with Gasteiger partial charge in [-0.15, -0.1) is 0 Å². The number of benzene rings is 1. The molecule has 100 valence electrons. The second-order valence-electron chi connectivity index (χ2n) is 4.04. The first kappa shape index (κ1) is 14.5. The first-order valence-electron chi connectivity index (χ1n) is 5.72. The van der Waals surface area contributed by atoms with Gasteiger partial charge in [-0.3, -0.25) is 4.79 Å². The molecule has 0 atom stereocenters. The van der Waals surface area contributed by atoms with Crippen LogP contribution in [0.1, 0.15) is 17.5 Å². The van der Waals surface area contributed by atoms with Crippen molar-refractivity contribution in [1.29, 1.82) is 5.26 Å². The van der Waals surface area contributed by atoms with E-state index >= 15 is 0 Å². The van der Waals surface area contributed by atoms with E-state index < -0.39 is 5.97 Å². The third-order valence-corrected chi connectivity index (χ3v) is 2.44. The summed E-state index contributed by atoms with van der Waals surface area (Å²) in [6, 6.07) is 8.66. The van der Waals surface area contributed by atoms with E-state index in [1.807, 2.05) is 12.1 Å². The minimum Gasteiger partial charge on any atom is -0.481 e. The van der Waals surface area contributed by atoms with Crippen LogP contribution < -0.4 is 5.32 Å². The van der Waals surface area contributed by atoms with Gasteiger partial charge in [0.25, 0.3) is 0 Å². The van der Waals surface area contributed by atoms with Crippen LogP contribution in [-0.4, -0.2) is 35.6 Å². The maximum absolute atomic E-state index is 11.6. The van der Waals surface area contributed by atoms with Crippen molar-refractivity contribution < 1.29 is 14.7 Å². The fourth-order valence-electron chi connectivity index (χ4n) is 1.50. The van der Waals surface area contributed by atoms with Crippen LogP contribution in [0.25, 0.3) is 0 Å². The van der Waals surface area contributed by atoms with E-state index in [-0.39, 0.29) is 19.0 Å². The third-order valence-electron chi connectivity index (χ3n) is 2.44. The minimum atomic E-state index is -0.954. The van der Waals surface area contributed by atoms with E-state index in [0.717, 1.165) is 5.56 Å². The molecule has 6 nitrogen and oxygen atoms in total. The Morgan fingerprint density at radius 3 is 2.84 bits per heavy atom. The van der Waals surface area contributed by atoms with Crippen LogP contribution in [0.5, 0.6) is 0 Å². The molecule has 0 fully saturated rings. The summed E-state index contributed by atoms with van der Waals surface area (Å²) < 4.78 is 0. The van der Waals surface area contributed by atoms with Gasteiger partial charge in [0.2, 0.25) is 0 Å². The normalized spacial score (nSPS) is 9.47. The average Bonchev–Trinajstić information content (AvgIpc) is 2.38. The van der Waals surface area contributed by atoms with Gasteiger partial charge in [-0.05, 0) is 17.7 Å². The molecule has 1 rings (SSSR count). The number of nitriles is 1. The van der Waals surface area contributed by atoms with Crippen molar-refractivity contribution in [2.75, 3.05) is 13.6 Å². The number of rotatable bonds is 5. The van der Waals surface area contributed by atoms with Gasteiger partial charge >= 0.3 is 12.0 Å². The number of urea groups is 1. The molecule has 2 N–H and O–H groups in total. The highest BCUT2D eigenvalue weighted by Crippen LogP contribution is 2.06. The summed E-state index contributed by atoms with van der Waals surface area (Å²) in [5.41, 5.74) is 1.38. The van der Waals surface area contributed by atoms with Crippen LogP contribution in [0, 0.1) is 11.3 Å². The molecule has 0 aliphatic rings. The molecule has 0 aromatic heterocycles. The van der Waals surface area contributed by atoms with Crippen LogP contribution in [0.2, 0.25) is 0 Å². The molecule has 0 radical (unpaired) electrons. The lowest BCUT2D eigenvalue weighted by Gasteiger charge is -2.17. The molecule has 2 amide bonds. The molecule has 1 aromatic carbocycles. The van der Waals surface area contributed by atoms with E-state index in [0.29, 0.717) is 12.1 Å². The first-order chi connectivity index (χ1) is 9.02. The molecule has 0 bridgehead atoms. The highest BCUT2D eigenvalue weighted by Gasteiger charge is 2.09. The quantitative estimate of drug-likeness (QED) is 0.832. The van der Waals surface area contributed by atoms with Crippen molar-refractivity contribution in [3.05, 3.63) is 35.4 Å². The highest BCUT2D eigenvalue weighted by atomic mass is 16.4. The zero-order valence-corrected chi connectivity index (χ0v) is 10.6. The number of carbonyl (C=O) groups is 2. The van der Waals surface area contributed by atoms with Crippen molar-refractivity contribution in [2.24, 2.45) is 0 Å². The molecule has 19 heavy (non-hydrogen) atoms. The zero-order valence-electron chi connectivity index (χ0n) is 10.6. The van der Waals surface area contributed by atoms with Crippen molar-refractivity contribution in [3.63, 3.8) is 0 Å². The second-order valence-corrected chi connectivity index (χ2v) is 4.04. The van der Waals surface area contributed by atoms with E-state index in [1.54, 1.807) is 25.2 Å². The molecule has 0 saturated carbocycles. The maximum Gasteiger partial charge on any atom is 0.317 e. The smallest absolute Gasteiger partial charge is 0.317 e. The Morgan fingerprint density at radius 1 is 1.47 bits per heavy atom. The Hall–Kier alpha value is -2.55.